The van der Waals surface area contributed by atoms with Crippen molar-refractivity contribution in [2.45, 2.75) is 25.8 Å². The highest BCUT2D eigenvalue weighted by molar-refractivity contribution is 6.33. The molecule has 0 saturated carbocycles. The first kappa shape index (κ1) is 22.4. The number of aromatic amines is 1. The van der Waals surface area contributed by atoms with E-state index in [1.54, 1.807) is 36.1 Å². The van der Waals surface area contributed by atoms with Gasteiger partial charge in [0.2, 0.25) is 5.91 Å². The second-order valence-electron chi connectivity index (χ2n) is 8.49. The number of nitrogens with one attached hydrogen (secondary N) is 1. The largest absolute Gasteiger partial charge is 0.481 e. The summed E-state index contributed by atoms with van der Waals surface area (Å²) in [5.41, 5.74) is 1.33. The quantitative estimate of drug-likeness (QED) is 0.565. The number of nitrogens with zero attached hydrogens (tertiary/aromatic N) is 2. The normalized spacial score (nSPS) is 17.3. The molecule has 9 heteroatoms. The van der Waals surface area contributed by atoms with Gasteiger partial charge in [0.15, 0.2) is 0 Å². The molecule has 0 unspecified atom stereocenters. The Morgan fingerprint density at radius 1 is 1.26 bits per heavy atom. The number of carboxylic acids is 1. The number of likely N-dealkylation sites (tertiary alicyclic amines) is 1. The molecule has 3 aromatic rings. The summed E-state index contributed by atoms with van der Waals surface area (Å²) in [5.74, 6) is -2.24. The molecule has 1 aliphatic rings. The number of piperidine rings is 1. The standard InChI is InChI=1S/C25H25ClFN3O4/c1-14(24(32)30-9-3-4-15(13-30)25(33)34)29(2)17-6-8-18-20(11-17)23(31)28-12-21(18)19-7-5-16(27)10-22(19)26/h5-8,10-12,14-15H,3-4,9,13H2,1-2H3,(H,28,31)(H,33,34)/t14-,15-/m0/s1/i2D. The summed E-state index contributed by atoms with van der Waals surface area (Å²) in [5, 5.41) is 10.5. The molecule has 1 saturated heterocycles. The molecule has 34 heavy (non-hydrogen) atoms. The number of fused-ring (bicyclic) bond motifs is 1. The van der Waals surface area contributed by atoms with E-state index in [0.717, 1.165) is 0 Å². The van der Waals surface area contributed by atoms with Crippen molar-refractivity contribution in [1.29, 1.82) is 0 Å². The van der Waals surface area contributed by atoms with Gasteiger partial charge in [-0.2, -0.15) is 0 Å². The van der Waals surface area contributed by atoms with E-state index in [1.807, 2.05) is 0 Å². The molecular weight excluding hydrogens is 461 g/mol. The van der Waals surface area contributed by atoms with Crippen molar-refractivity contribution in [2.24, 2.45) is 5.92 Å². The van der Waals surface area contributed by atoms with Crippen LogP contribution in [0, 0.1) is 11.7 Å². The number of carbonyl (C=O) groups is 2. The Morgan fingerprint density at radius 2 is 2.06 bits per heavy atom. The van der Waals surface area contributed by atoms with Gasteiger partial charge in [0, 0.05) is 49.9 Å². The van der Waals surface area contributed by atoms with Crippen LogP contribution < -0.4 is 10.5 Å². The van der Waals surface area contributed by atoms with Gasteiger partial charge in [-0.25, -0.2) is 4.39 Å². The van der Waals surface area contributed by atoms with Gasteiger partial charge in [0.05, 0.1) is 10.9 Å². The Balaban J connectivity index is 1.68. The number of likely N-dealkylation sites (N-methyl/N-ethyl adjacent to an activating group) is 1. The summed E-state index contributed by atoms with van der Waals surface area (Å²) in [6.07, 6.45) is 2.66. The molecule has 7 nitrogen and oxygen atoms in total. The van der Waals surface area contributed by atoms with Gasteiger partial charge in [-0.3, -0.25) is 14.4 Å². The second-order valence-corrected chi connectivity index (χ2v) is 8.90. The zero-order valence-electron chi connectivity index (χ0n) is 19.6. The number of H-pyrrole nitrogens is 1. The van der Waals surface area contributed by atoms with Crippen LogP contribution in [0.2, 0.25) is 5.02 Å². The summed E-state index contributed by atoms with van der Waals surface area (Å²) >= 11 is 6.24. The van der Waals surface area contributed by atoms with Crippen LogP contribution in [0.3, 0.4) is 0 Å². The molecule has 4 rings (SSSR count). The average molecular weight is 487 g/mol. The molecule has 2 heterocycles. The van der Waals surface area contributed by atoms with Gasteiger partial charge in [0.1, 0.15) is 11.9 Å². The van der Waals surface area contributed by atoms with Crippen LogP contribution in [0.25, 0.3) is 21.9 Å². The molecule has 2 atom stereocenters. The average Bonchev–Trinajstić information content (AvgIpc) is 2.85. The first-order valence-corrected chi connectivity index (χ1v) is 11.3. The summed E-state index contributed by atoms with van der Waals surface area (Å²) < 4.78 is 21.6. The van der Waals surface area contributed by atoms with Gasteiger partial charge >= 0.3 is 5.97 Å². The van der Waals surface area contributed by atoms with E-state index in [0.29, 0.717) is 47.0 Å². The first-order valence-electron chi connectivity index (χ1n) is 11.6. The molecule has 0 spiro atoms. The van der Waals surface area contributed by atoms with Crippen LogP contribution in [-0.2, 0) is 9.59 Å². The number of aliphatic carboxylic acids is 1. The van der Waals surface area contributed by atoms with Crippen LogP contribution in [0.1, 0.15) is 21.1 Å². The third-order valence-corrected chi connectivity index (χ3v) is 6.66. The first-order chi connectivity index (χ1) is 16.7. The van der Waals surface area contributed by atoms with E-state index in [4.69, 9.17) is 13.0 Å². The Bertz CT molecular complexity index is 1350. The number of carboxylic acid groups (broad SMARTS) is 1. The van der Waals surface area contributed by atoms with Crippen molar-refractivity contribution in [2.75, 3.05) is 25.0 Å². The minimum Gasteiger partial charge on any atom is -0.481 e. The number of amides is 1. The van der Waals surface area contributed by atoms with Gasteiger partial charge < -0.3 is 19.9 Å². The molecule has 2 aromatic carbocycles. The number of carbonyl (C=O) groups excluding carboxylic acids is 1. The number of aromatic nitrogens is 1. The fourth-order valence-electron chi connectivity index (χ4n) is 4.36. The molecule has 1 amide bonds. The summed E-state index contributed by atoms with van der Waals surface area (Å²) in [4.78, 5) is 43.0. The lowest BCUT2D eigenvalue weighted by molar-refractivity contribution is -0.145. The Hall–Kier alpha value is -3.39. The van der Waals surface area contributed by atoms with Crippen LogP contribution in [0.5, 0.6) is 0 Å². The lowest BCUT2D eigenvalue weighted by atomic mass is 9.97. The SMILES string of the molecule is [2H]CN(c1ccc2c(-c3ccc(F)cc3Cl)c[nH]c(=O)c2c1)[C@@H](C)C(=O)N1CCC[C@H](C(=O)O)C1. The summed E-state index contributed by atoms with van der Waals surface area (Å²) in [7, 11) is -0.240. The van der Waals surface area contributed by atoms with Crippen LogP contribution in [-0.4, -0.2) is 53.0 Å². The lowest BCUT2D eigenvalue weighted by Gasteiger charge is -2.35. The van der Waals surface area contributed by atoms with Crippen molar-refractivity contribution in [3.63, 3.8) is 0 Å². The molecule has 178 valence electrons. The molecule has 1 aromatic heterocycles. The summed E-state index contributed by atoms with van der Waals surface area (Å²) in [6.45, 7) is 2.28. The molecule has 0 aliphatic carbocycles. The molecule has 1 aliphatic heterocycles. The molecular formula is C25H25ClFN3O4. The predicted octanol–water partition coefficient (Wildman–Crippen LogP) is 4.14. The fraction of sp³-hybridized carbons (Fsp3) is 0.320. The Kier molecular flexibility index (Phi) is 6.24. The lowest BCUT2D eigenvalue weighted by Crippen LogP contribution is -2.50. The fourth-order valence-corrected chi connectivity index (χ4v) is 4.63. The van der Waals surface area contributed by atoms with Crippen LogP contribution in [0.4, 0.5) is 10.1 Å². The van der Waals surface area contributed by atoms with Crippen molar-refractivity contribution < 1.29 is 20.5 Å². The van der Waals surface area contributed by atoms with E-state index in [9.17, 15) is 23.9 Å². The number of hydrogen-bond acceptors (Lipinski definition) is 4. The van der Waals surface area contributed by atoms with Gasteiger partial charge in [-0.15, -0.1) is 0 Å². The number of anilines is 1. The highest BCUT2D eigenvalue weighted by atomic mass is 35.5. The smallest absolute Gasteiger partial charge is 0.308 e. The maximum Gasteiger partial charge on any atom is 0.308 e. The number of hydrogen-bond donors (Lipinski definition) is 2. The van der Waals surface area contributed by atoms with Crippen LogP contribution >= 0.6 is 11.6 Å². The van der Waals surface area contributed by atoms with Crippen molar-refractivity contribution >= 4 is 39.9 Å². The minimum atomic E-state index is -0.918. The predicted molar refractivity (Wildman–Crippen MR) is 130 cm³/mol. The monoisotopic (exact) mass is 486 g/mol. The molecule has 0 bridgehead atoms. The van der Waals surface area contributed by atoms with Crippen molar-refractivity contribution in [3.8, 4) is 11.1 Å². The van der Waals surface area contributed by atoms with E-state index in [1.165, 1.54) is 23.2 Å². The number of rotatable bonds is 5. The maximum atomic E-state index is 13.5. The third kappa shape index (κ3) is 4.50. The molecule has 1 fully saturated rings. The molecule has 2 N–H and O–H groups in total. The van der Waals surface area contributed by atoms with Crippen molar-refractivity contribution in [3.05, 3.63) is 63.8 Å². The highest BCUT2D eigenvalue weighted by Gasteiger charge is 2.31. The molecule has 0 radical (unpaired) electrons. The topological polar surface area (TPSA) is 93.7 Å². The van der Waals surface area contributed by atoms with Crippen molar-refractivity contribution in [1.82, 2.24) is 9.88 Å². The zero-order valence-corrected chi connectivity index (χ0v) is 19.3. The zero-order chi connectivity index (χ0) is 25.3. The van der Waals surface area contributed by atoms with Gasteiger partial charge in [0.25, 0.3) is 5.56 Å². The van der Waals surface area contributed by atoms with E-state index >= 15 is 0 Å². The van der Waals surface area contributed by atoms with E-state index in [-0.39, 0.29) is 30.1 Å². The second kappa shape index (κ2) is 9.46. The Morgan fingerprint density at radius 3 is 2.76 bits per heavy atom. The minimum absolute atomic E-state index is 0.142. The maximum absolute atomic E-state index is 13.5. The van der Waals surface area contributed by atoms with Crippen LogP contribution in [0.15, 0.2) is 47.4 Å². The third-order valence-electron chi connectivity index (χ3n) is 6.35. The highest BCUT2D eigenvalue weighted by Crippen LogP contribution is 2.34. The Labute approximate surface area is 202 Å². The number of pyridine rings is 1. The van der Waals surface area contributed by atoms with Gasteiger partial charge in [-0.05, 0) is 55.5 Å². The summed E-state index contributed by atoms with van der Waals surface area (Å²) in [6, 6.07) is 8.35. The number of halogens is 2. The van der Waals surface area contributed by atoms with E-state index in [2.05, 4.69) is 4.98 Å². The van der Waals surface area contributed by atoms with E-state index < -0.39 is 23.7 Å². The number of benzene rings is 2. The van der Waals surface area contributed by atoms with Gasteiger partial charge in [-0.1, -0.05) is 17.7 Å².